The lowest BCUT2D eigenvalue weighted by Gasteiger charge is -2.24. The molecule has 1 aromatic heterocycles. The van der Waals surface area contributed by atoms with Crippen LogP contribution in [0.25, 0.3) is 0 Å². The number of ether oxygens (including phenoxy) is 2. The predicted molar refractivity (Wildman–Crippen MR) is 80.9 cm³/mol. The zero-order chi connectivity index (χ0) is 16.7. The number of rotatable bonds is 3. The van der Waals surface area contributed by atoms with Crippen LogP contribution in [0.1, 0.15) is 35.0 Å². The number of hydrogen-bond acceptors (Lipinski definition) is 6. The lowest BCUT2D eigenvalue weighted by atomic mass is 10.0. The number of nitro groups is 1. The van der Waals surface area contributed by atoms with Gasteiger partial charge in [-0.1, -0.05) is 6.07 Å². The highest BCUT2D eigenvalue weighted by Gasteiger charge is 2.33. The van der Waals surface area contributed by atoms with E-state index < -0.39 is 10.8 Å². The highest BCUT2D eigenvalue weighted by Crippen LogP contribution is 2.39. The van der Waals surface area contributed by atoms with Crippen molar-refractivity contribution >= 4 is 11.8 Å². The van der Waals surface area contributed by atoms with Crippen molar-refractivity contribution < 1.29 is 23.6 Å². The van der Waals surface area contributed by atoms with Gasteiger partial charge in [0.05, 0.1) is 12.1 Å². The lowest BCUT2D eigenvalue weighted by Crippen LogP contribution is -2.30. The normalized spacial score (nSPS) is 18.8. The predicted octanol–water partition coefficient (Wildman–Crippen LogP) is 2.89. The summed E-state index contributed by atoms with van der Waals surface area (Å²) in [6, 6.07) is 8.04. The fourth-order valence-electron chi connectivity index (χ4n) is 3.16. The summed E-state index contributed by atoms with van der Waals surface area (Å²) in [5.74, 6) is 0.562. The number of carbonyl (C=O) groups excluding carboxylic acids is 1. The summed E-state index contributed by atoms with van der Waals surface area (Å²) in [6.45, 7) is 0.772. The zero-order valence-corrected chi connectivity index (χ0v) is 12.6. The average Bonchev–Trinajstić information content (AvgIpc) is 3.31. The van der Waals surface area contributed by atoms with Gasteiger partial charge in [-0.15, -0.1) is 0 Å². The SMILES string of the molecule is O=C(c1ccc([N+](=O)[O-])o1)N1CCC[C@@H]1c1ccc2c(c1)OCO2. The Balaban J connectivity index is 1.60. The minimum absolute atomic E-state index is 0.0191. The lowest BCUT2D eigenvalue weighted by molar-refractivity contribution is -0.402. The van der Waals surface area contributed by atoms with Gasteiger partial charge >= 0.3 is 5.88 Å². The number of furan rings is 1. The molecule has 2 aliphatic rings. The summed E-state index contributed by atoms with van der Waals surface area (Å²) in [5, 5.41) is 10.7. The van der Waals surface area contributed by atoms with Gasteiger partial charge in [-0.2, -0.15) is 0 Å². The first kappa shape index (κ1) is 14.6. The van der Waals surface area contributed by atoms with Crippen LogP contribution >= 0.6 is 0 Å². The van der Waals surface area contributed by atoms with Crippen LogP contribution < -0.4 is 9.47 Å². The van der Waals surface area contributed by atoms with Crippen molar-refractivity contribution in [3.63, 3.8) is 0 Å². The molecule has 0 radical (unpaired) electrons. The molecule has 1 aromatic carbocycles. The van der Waals surface area contributed by atoms with E-state index in [0.717, 1.165) is 18.4 Å². The highest BCUT2D eigenvalue weighted by atomic mass is 16.7. The molecule has 8 nitrogen and oxygen atoms in total. The molecule has 0 N–H and O–H groups in total. The minimum atomic E-state index is -0.657. The molecular formula is C16H14N2O6. The summed E-state index contributed by atoms with van der Waals surface area (Å²) in [7, 11) is 0. The maximum Gasteiger partial charge on any atom is 0.433 e. The maximum absolute atomic E-state index is 12.7. The Morgan fingerprint density at radius 2 is 2.04 bits per heavy atom. The second-order valence-electron chi connectivity index (χ2n) is 5.66. The van der Waals surface area contributed by atoms with Gasteiger partial charge in [0.2, 0.25) is 6.79 Å². The zero-order valence-electron chi connectivity index (χ0n) is 12.6. The van der Waals surface area contributed by atoms with E-state index in [1.54, 1.807) is 4.90 Å². The summed E-state index contributed by atoms with van der Waals surface area (Å²) >= 11 is 0. The van der Waals surface area contributed by atoms with Crippen LogP contribution in [-0.2, 0) is 0 Å². The van der Waals surface area contributed by atoms with E-state index in [0.29, 0.717) is 18.0 Å². The standard InChI is InChI=1S/C16H14N2O6/c19-16(13-5-6-15(24-13)18(20)21)17-7-1-2-11(17)10-3-4-12-14(8-10)23-9-22-12/h3-6,8,11H,1-2,7,9H2/t11-/m1/s1. The van der Waals surface area contributed by atoms with Crippen molar-refractivity contribution in [2.75, 3.05) is 13.3 Å². The molecule has 0 aliphatic carbocycles. The van der Waals surface area contributed by atoms with Gasteiger partial charge in [0.25, 0.3) is 5.91 Å². The fourth-order valence-corrected chi connectivity index (χ4v) is 3.16. The Morgan fingerprint density at radius 3 is 2.83 bits per heavy atom. The molecule has 0 saturated carbocycles. The monoisotopic (exact) mass is 330 g/mol. The van der Waals surface area contributed by atoms with Crippen LogP contribution in [0.5, 0.6) is 11.5 Å². The second kappa shape index (κ2) is 5.55. The van der Waals surface area contributed by atoms with E-state index in [1.807, 2.05) is 18.2 Å². The van der Waals surface area contributed by atoms with Gasteiger partial charge in [0.1, 0.15) is 4.92 Å². The van der Waals surface area contributed by atoms with Gasteiger partial charge in [0.15, 0.2) is 17.3 Å². The number of fused-ring (bicyclic) bond motifs is 1. The van der Waals surface area contributed by atoms with Gasteiger partial charge in [-0.05, 0) is 36.6 Å². The van der Waals surface area contributed by atoms with Crippen LogP contribution in [-0.4, -0.2) is 29.1 Å². The van der Waals surface area contributed by atoms with Crippen molar-refractivity contribution in [2.45, 2.75) is 18.9 Å². The molecule has 3 heterocycles. The summed E-state index contributed by atoms with van der Waals surface area (Å²) in [5.41, 5.74) is 0.950. The first-order valence-corrected chi connectivity index (χ1v) is 7.58. The first-order valence-electron chi connectivity index (χ1n) is 7.58. The van der Waals surface area contributed by atoms with Crippen LogP contribution in [0.15, 0.2) is 34.7 Å². The minimum Gasteiger partial charge on any atom is -0.454 e. The molecular weight excluding hydrogens is 316 g/mol. The molecule has 2 aromatic rings. The van der Waals surface area contributed by atoms with E-state index in [9.17, 15) is 14.9 Å². The van der Waals surface area contributed by atoms with Crippen molar-refractivity contribution in [1.82, 2.24) is 4.90 Å². The van der Waals surface area contributed by atoms with E-state index in [-0.39, 0.29) is 24.5 Å². The van der Waals surface area contributed by atoms with Crippen molar-refractivity contribution in [3.8, 4) is 11.5 Å². The summed E-state index contributed by atoms with van der Waals surface area (Å²) < 4.78 is 15.7. The summed E-state index contributed by atoms with van der Waals surface area (Å²) in [6.07, 6.45) is 1.67. The maximum atomic E-state index is 12.7. The van der Waals surface area contributed by atoms with Crippen LogP contribution in [0.2, 0.25) is 0 Å². The molecule has 0 unspecified atom stereocenters. The molecule has 1 saturated heterocycles. The van der Waals surface area contributed by atoms with E-state index in [4.69, 9.17) is 13.9 Å². The van der Waals surface area contributed by atoms with Crippen molar-refractivity contribution in [3.05, 3.63) is 51.8 Å². The average molecular weight is 330 g/mol. The molecule has 0 bridgehead atoms. The molecule has 8 heteroatoms. The van der Waals surface area contributed by atoms with Gasteiger partial charge < -0.3 is 18.8 Å². The Hall–Kier alpha value is -3.03. The van der Waals surface area contributed by atoms with Crippen LogP contribution in [0.4, 0.5) is 5.88 Å². The quantitative estimate of drug-likeness (QED) is 0.634. The molecule has 2 aliphatic heterocycles. The van der Waals surface area contributed by atoms with Crippen LogP contribution in [0.3, 0.4) is 0 Å². The molecule has 24 heavy (non-hydrogen) atoms. The third kappa shape index (κ3) is 2.36. The Morgan fingerprint density at radius 1 is 1.21 bits per heavy atom. The van der Waals surface area contributed by atoms with E-state index >= 15 is 0 Å². The third-order valence-electron chi connectivity index (χ3n) is 4.28. The molecule has 1 amide bonds. The second-order valence-corrected chi connectivity index (χ2v) is 5.66. The highest BCUT2D eigenvalue weighted by molar-refractivity contribution is 5.92. The van der Waals surface area contributed by atoms with Gasteiger partial charge in [-0.25, -0.2) is 0 Å². The fraction of sp³-hybridized carbons (Fsp3) is 0.312. The number of likely N-dealkylation sites (tertiary alicyclic amines) is 1. The number of hydrogen-bond donors (Lipinski definition) is 0. The number of benzene rings is 1. The smallest absolute Gasteiger partial charge is 0.433 e. The Labute approximate surface area is 136 Å². The molecule has 4 rings (SSSR count). The van der Waals surface area contributed by atoms with E-state index in [2.05, 4.69) is 0 Å². The molecule has 124 valence electrons. The molecule has 0 spiro atoms. The number of nitrogens with zero attached hydrogens (tertiary/aromatic N) is 2. The first-order chi connectivity index (χ1) is 11.6. The van der Waals surface area contributed by atoms with Crippen LogP contribution in [0, 0.1) is 10.1 Å². The largest absolute Gasteiger partial charge is 0.454 e. The number of amides is 1. The molecule has 1 fully saturated rings. The van der Waals surface area contributed by atoms with Gasteiger partial charge in [-0.3, -0.25) is 14.9 Å². The number of carbonyl (C=O) groups is 1. The van der Waals surface area contributed by atoms with Gasteiger partial charge in [0, 0.05) is 6.54 Å². The Bertz CT molecular complexity index is 815. The van der Waals surface area contributed by atoms with Crippen molar-refractivity contribution in [2.24, 2.45) is 0 Å². The van der Waals surface area contributed by atoms with E-state index in [1.165, 1.54) is 12.1 Å². The van der Waals surface area contributed by atoms with Crippen molar-refractivity contribution in [1.29, 1.82) is 0 Å². The Kier molecular flexibility index (Phi) is 3.37. The summed E-state index contributed by atoms with van der Waals surface area (Å²) in [4.78, 5) is 24.4. The molecule has 1 atom stereocenters. The third-order valence-corrected chi connectivity index (χ3v) is 4.28. The topological polar surface area (TPSA) is 95.0 Å².